The average molecular weight is 194 g/mol. The summed E-state index contributed by atoms with van der Waals surface area (Å²) >= 11 is 0. The Morgan fingerprint density at radius 2 is 2.21 bits per heavy atom. The van der Waals surface area contributed by atoms with Gasteiger partial charge in [0, 0.05) is 0 Å². The molecule has 0 bridgehead atoms. The molecule has 0 aromatic heterocycles. The van der Waals surface area contributed by atoms with Gasteiger partial charge in [0.2, 0.25) is 0 Å². The smallest absolute Gasteiger partial charge is 0.171 e. The van der Waals surface area contributed by atoms with Crippen molar-refractivity contribution in [3.8, 4) is 11.5 Å². The summed E-state index contributed by atoms with van der Waals surface area (Å²) in [7, 11) is 1.53. The zero-order valence-corrected chi connectivity index (χ0v) is 8.33. The summed E-state index contributed by atoms with van der Waals surface area (Å²) in [6.07, 6.45) is 0. The Morgan fingerprint density at radius 3 is 2.71 bits per heavy atom. The van der Waals surface area contributed by atoms with E-state index in [0.717, 1.165) is 0 Å². The number of ether oxygens (including phenoxy) is 2. The number of amidine groups is 1. The third-order valence-corrected chi connectivity index (χ3v) is 1.77. The van der Waals surface area contributed by atoms with Crippen LogP contribution in [0.5, 0.6) is 11.5 Å². The van der Waals surface area contributed by atoms with Crippen molar-refractivity contribution in [1.29, 1.82) is 5.41 Å². The fourth-order valence-corrected chi connectivity index (χ4v) is 1.21. The van der Waals surface area contributed by atoms with Crippen LogP contribution >= 0.6 is 0 Å². The number of nitrogens with two attached hydrogens (primary N) is 1. The molecule has 0 saturated carbocycles. The Hall–Kier alpha value is -1.71. The van der Waals surface area contributed by atoms with E-state index in [4.69, 9.17) is 20.6 Å². The quantitative estimate of drug-likeness (QED) is 0.562. The molecule has 0 amide bonds. The number of nitrogens with one attached hydrogen (secondary N) is 1. The first-order chi connectivity index (χ1) is 6.70. The molecule has 0 spiro atoms. The second-order valence-corrected chi connectivity index (χ2v) is 2.68. The second-order valence-electron chi connectivity index (χ2n) is 2.68. The van der Waals surface area contributed by atoms with Gasteiger partial charge in [-0.1, -0.05) is 6.07 Å². The molecule has 0 atom stereocenters. The minimum absolute atomic E-state index is 0.0246. The van der Waals surface area contributed by atoms with Crippen molar-refractivity contribution in [3.63, 3.8) is 0 Å². The van der Waals surface area contributed by atoms with Crippen LogP contribution in [0.2, 0.25) is 0 Å². The van der Waals surface area contributed by atoms with E-state index in [0.29, 0.717) is 23.7 Å². The van der Waals surface area contributed by atoms with Gasteiger partial charge in [0.05, 0.1) is 19.3 Å². The fraction of sp³-hybridized carbons (Fsp3) is 0.300. The van der Waals surface area contributed by atoms with E-state index in [9.17, 15) is 0 Å². The van der Waals surface area contributed by atoms with Crippen molar-refractivity contribution in [3.05, 3.63) is 23.8 Å². The maximum atomic E-state index is 7.35. The van der Waals surface area contributed by atoms with E-state index in [1.54, 1.807) is 18.2 Å². The number of benzene rings is 1. The highest BCUT2D eigenvalue weighted by Gasteiger charge is 2.11. The molecular formula is C10H14N2O2. The predicted molar refractivity (Wildman–Crippen MR) is 55.2 cm³/mol. The number of hydrogen-bond donors (Lipinski definition) is 2. The van der Waals surface area contributed by atoms with Crippen molar-refractivity contribution >= 4 is 5.84 Å². The van der Waals surface area contributed by atoms with Crippen molar-refractivity contribution in [1.82, 2.24) is 0 Å². The number of para-hydroxylation sites is 1. The molecule has 1 aromatic rings. The second kappa shape index (κ2) is 4.50. The molecule has 0 radical (unpaired) electrons. The Morgan fingerprint density at radius 1 is 1.50 bits per heavy atom. The normalized spacial score (nSPS) is 9.57. The SMILES string of the molecule is CCOc1cccc(C(=N)N)c1OC. The highest BCUT2D eigenvalue weighted by molar-refractivity contribution is 5.98. The summed E-state index contributed by atoms with van der Waals surface area (Å²) in [6, 6.07) is 5.29. The van der Waals surface area contributed by atoms with Gasteiger partial charge in [-0.05, 0) is 19.1 Å². The lowest BCUT2D eigenvalue weighted by Gasteiger charge is -2.12. The molecule has 0 aliphatic carbocycles. The van der Waals surface area contributed by atoms with Gasteiger partial charge < -0.3 is 15.2 Å². The molecule has 0 aliphatic rings. The summed E-state index contributed by atoms with van der Waals surface area (Å²) in [5, 5.41) is 7.35. The lowest BCUT2D eigenvalue weighted by Crippen LogP contribution is -2.13. The van der Waals surface area contributed by atoms with Crippen molar-refractivity contribution < 1.29 is 9.47 Å². The van der Waals surface area contributed by atoms with Crippen molar-refractivity contribution in [2.24, 2.45) is 5.73 Å². The molecule has 1 aromatic carbocycles. The highest BCUT2D eigenvalue weighted by Crippen LogP contribution is 2.30. The van der Waals surface area contributed by atoms with Crippen LogP contribution in [-0.2, 0) is 0 Å². The Balaban J connectivity index is 3.17. The van der Waals surface area contributed by atoms with E-state index in [2.05, 4.69) is 0 Å². The minimum Gasteiger partial charge on any atom is -0.492 e. The van der Waals surface area contributed by atoms with Crippen LogP contribution in [0.25, 0.3) is 0 Å². The third kappa shape index (κ3) is 1.96. The van der Waals surface area contributed by atoms with E-state index < -0.39 is 0 Å². The zero-order chi connectivity index (χ0) is 10.6. The van der Waals surface area contributed by atoms with E-state index in [1.165, 1.54) is 7.11 Å². The maximum absolute atomic E-state index is 7.35. The Labute approximate surface area is 83.1 Å². The molecule has 4 nitrogen and oxygen atoms in total. The molecule has 0 saturated heterocycles. The van der Waals surface area contributed by atoms with Gasteiger partial charge in [0.1, 0.15) is 5.84 Å². The summed E-state index contributed by atoms with van der Waals surface area (Å²) in [4.78, 5) is 0. The summed E-state index contributed by atoms with van der Waals surface area (Å²) in [6.45, 7) is 2.44. The lowest BCUT2D eigenvalue weighted by molar-refractivity contribution is 0.310. The van der Waals surface area contributed by atoms with Gasteiger partial charge in [0.15, 0.2) is 11.5 Å². The number of hydrogen-bond acceptors (Lipinski definition) is 3. The molecule has 4 heteroatoms. The summed E-state index contributed by atoms with van der Waals surface area (Å²) in [5.74, 6) is 1.10. The lowest BCUT2D eigenvalue weighted by atomic mass is 10.1. The number of nitrogen functional groups attached to an aromatic ring is 1. The molecule has 0 fully saturated rings. The van der Waals surface area contributed by atoms with Crippen molar-refractivity contribution in [2.75, 3.05) is 13.7 Å². The maximum Gasteiger partial charge on any atom is 0.171 e. The zero-order valence-electron chi connectivity index (χ0n) is 8.33. The van der Waals surface area contributed by atoms with Crippen LogP contribution < -0.4 is 15.2 Å². The molecule has 76 valence electrons. The van der Waals surface area contributed by atoms with Crippen LogP contribution in [0, 0.1) is 5.41 Å². The van der Waals surface area contributed by atoms with E-state index >= 15 is 0 Å². The average Bonchev–Trinajstić information content (AvgIpc) is 2.18. The first-order valence-electron chi connectivity index (χ1n) is 4.34. The van der Waals surface area contributed by atoms with Gasteiger partial charge in [-0.3, -0.25) is 5.41 Å². The fourth-order valence-electron chi connectivity index (χ4n) is 1.21. The highest BCUT2D eigenvalue weighted by atomic mass is 16.5. The summed E-state index contributed by atoms with van der Waals surface area (Å²) in [5.41, 5.74) is 5.96. The van der Waals surface area contributed by atoms with Crippen LogP contribution in [0.4, 0.5) is 0 Å². The van der Waals surface area contributed by atoms with Gasteiger partial charge in [-0.25, -0.2) is 0 Å². The topological polar surface area (TPSA) is 68.3 Å². The largest absolute Gasteiger partial charge is 0.492 e. The molecule has 1 rings (SSSR count). The third-order valence-electron chi connectivity index (χ3n) is 1.77. The van der Waals surface area contributed by atoms with Gasteiger partial charge in [0.25, 0.3) is 0 Å². The molecule has 0 heterocycles. The molecule has 14 heavy (non-hydrogen) atoms. The standard InChI is InChI=1S/C10H14N2O2/c1-3-14-8-6-4-5-7(10(11)12)9(8)13-2/h4-6H,3H2,1-2H3,(H3,11,12). The number of rotatable bonds is 4. The molecule has 3 N–H and O–H groups in total. The van der Waals surface area contributed by atoms with Gasteiger partial charge in [-0.2, -0.15) is 0 Å². The van der Waals surface area contributed by atoms with Crippen LogP contribution in [0.15, 0.2) is 18.2 Å². The van der Waals surface area contributed by atoms with Crippen LogP contribution in [-0.4, -0.2) is 19.6 Å². The van der Waals surface area contributed by atoms with Gasteiger partial charge >= 0.3 is 0 Å². The minimum atomic E-state index is -0.0246. The Bertz CT molecular complexity index is 337. The summed E-state index contributed by atoms with van der Waals surface area (Å²) < 4.78 is 10.5. The van der Waals surface area contributed by atoms with E-state index in [1.807, 2.05) is 6.92 Å². The first-order valence-corrected chi connectivity index (χ1v) is 4.34. The van der Waals surface area contributed by atoms with Crippen LogP contribution in [0.1, 0.15) is 12.5 Å². The molecule has 0 unspecified atom stereocenters. The van der Waals surface area contributed by atoms with Crippen molar-refractivity contribution in [2.45, 2.75) is 6.92 Å². The van der Waals surface area contributed by atoms with Crippen LogP contribution in [0.3, 0.4) is 0 Å². The Kier molecular flexibility index (Phi) is 3.34. The first kappa shape index (κ1) is 10.4. The monoisotopic (exact) mass is 194 g/mol. The molecular weight excluding hydrogens is 180 g/mol. The van der Waals surface area contributed by atoms with Gasteiger partial charge in [-0.15, -0.1) is 0 Å². The number of methoxy groups -OCH3 is 1. The molecule has 0 aliphatic heterocycles. The van der Waals surface area contributed by atoms with E-state index in [-0.39, 0.29) is 5.84 Å². The predicted octanol–water partition coefficient (Wildman–Crippen LogP) is 1.38.